The fourth-order valence-corrected chi connectivity index (χ4v) is 5.14. The lowest BCUT2D eigenvalue weighted by molar-refractivity contribution is -0.138. The topological polar surface area (TPSA) is 99.6 Å². The third kappa shape index (κ3) is 5.35. The number of benzene rings is 1. The average molecular weight is 506 g/mol. The van der Waals surface area contributed by atoms with Crippen molar-refractivity contribution in [3.63, 3.8) is 0 Å². The molecule has 194 valence electrons. The van der Waals surface area contributed by atoms with Crippen LogP contribution in [-0.2, 0) is 12.7 Å². The summed E-state index contributed by atoms with van der Waals surface area (Å²) in [5, 5.41) is 15.8. The highest BCUT2D eigenvalue weighted by Crippen LogP contribution is 2.45. The van der Waals surface area contributed by atoms with E-state index in [0.717, 1.165) is 19.2 Å². The predicted octanol–water partition coefficient (Wildman–Crippen LogP) is 3.61. The average Bonchev–Trinajstić information content (AvgIpc) is 3.47. The first-order chi connectivity index (χ1) is 17.2. The van der Waals surface area contributed by atoms with E-state index in [9.17, 15) is 23.1 Å². The number of nitrogens with one attached hydrogen (secondary N) is 2. The van der Waals surface area contributed by atoms with Crippen molar-refractivity contribution in [2.75, 3.05) is 30.4 Å². The molecular formula is C25H30F3N5O3. The summed E-state index contributed by atoms with van der Waals surface area (Å²) in [6.45, 7) is 1.77. The Morgan fingerprint density at radius 1 is 1.19 bits per heavy atom. The zero-order valence-electron chi connectivity index (χ0n) is 20.0. The number of piperidine rings is 1. The number of aromatic nitrogens is 2. The molecule has 5 rings (SSSR count). The normalized spacial score (nSPS) is 25.3. The molecule has 8 nitrogen and oxygen atoms in total. The number of aliphatic hydroxyl groups excluding tert-OH is 1. The molecule has 0 spiro atoms. The minimum absolute atomic E-state index is 0.0324. The van der Waals surface area contributed by atoms with E-state index in [1.54, 1.807) is 6.07 Å². The summed E-state index contributed by atoms with van der Waals surface area (Å²) in [4.78, 5) is 24.2. The molecule has 1 aromatic heterocycles. The monoisotopic (exact) mass is 505 g/mol. The van der Waals surface area contributed by atoms with E-state index in [1.165, 1.54) is 25.8 Å². The number of hydrogen-bond donors (Lipinski definition) is 3. The number of rotatable bonds is 7. The number of anilines is 2. The summed E-state index contributed by atoms with van der Waals surface area (Å²) >= 11 is 0. The summed E-state index contributed by atoms with van der Waals surface area (Å²) in [7, 11) is 1.20. The highest BCUT2D eigenvalue weighted by molar-refractivity contribution is 5.98. The molecule has 36 heavy (non-hydrogen) atoms. The molecule has 3 N–H and O–H groups in total. The van der Waals surface area contributed by atoms with Crippen molar-refractivity contribution < 1.29 is 27.8 Å². The van der Waals surface area contributed by atoms with Gasteiger partial charge in [0.25, 0.3) is 5.91 Å². The van der Waals surface area contributed by atoms with E-state index in [4.69, 9.17) is 4.74 Å². The fourth-order valence-electron chi connectivity index (χ4n) is 5.14. The molecule has 2 saturated carbocycles. The Bertz CT molecular complexity index is 1110. The summed E-state index contributed by atoms with van der Waals surface area (Å²) in [5.41, 5.74) is -0.251. The maximum Gasteiger partial charge on any atom is 0.419 e. The molecule has 2 heterocycles. The standard InChI is InChI=1S/C25H30F3N5O3/c1-36-21-7-2-14(8-20(21)25(26,27)28)10-29-22-19(23(35)31-17-3-5-18(34)6-4-17)11-30-24(32-22)33-12-15-9-16(15)13-33/h2,7-8,11,15-18,34H,3-6,9-10,12-13H2,1H3,(H,31,35)(H,29,30,32). The van der Waals surface area contributed by atoms with Crippen molar-refractivity contribution in [1.29, 1.82) is 0 Å². The van der Waals surface area contributed by atoms with Gasteiger partial charge in [-0.2, -0.15) is 18.2 Å². The van der Waals surface area contributed by atoms with Gasteiger partial charge in [0.15, 0.2) is 0 Å². The van der Waals surface area contributed by atoms with Crippen LogP contribution in [0.3, 0.4) is 0 Å². The summed E-state index contributed by atoms with van der Waals surface area (Å²) < 4.78 is 45.3. The maximum absolute atomic E-state index is 13.5. The van der Waals surface area contributed by atoms with Crippen LogP contribution in [0.4, 0.5) is 24.9 Å². The van der Waals surface area contributed by atoms with E-state index < -0.39 is 11.7 Å². The number of amides is 1. The first-order valence-corrected chi connectivity index (χ1v) is 12.3. The summed E-state index contributed by atoms with van der Waals surface area (Å²) in [6.07, 6.45) is 0.417. The Kier molecular flexibility index (Phi) is 6.67. The third-order valence-corrected chi connectivity index (χ3v) is 7.34. The number of fused-ring (bicyclic) bond motifs is 1. The van der Waals surface area contributed by atoms with Gasteiger partial charge in [-0.1, -0.05) is 6.07 Å². The van der Waals surface area contributed by atoms with E-state index >= 15 is 0 Å². The number of alkyl halides is 3. The zero-order valence-corrected chi connectivity index (χ0v) is 20.0. The molecule has 3 fully saturated rings. The van der Waals surface area contributed by atoms with Crippen LogP contribution in [0.15, 0.2) is 24.4 Å². The van der Waals surface area contributed by atoms with Gasteiger partial charge < -0.3 is 25.4 Å². The molecular weight excluding hydrogens is 475 g/mol. The zero-order chi connectivity index (χ0) is 25.4. The lowest BCUT2D eigenvalue weighted by atomic mass is 9.93. The third-order valence-electron chi connectivity index (χ3n) is 7.34. The molecule has 1 aliphatic heterocycles. The highest BCUT2D eigenvalue weighted by atomic mass is 19.4. The molecule has 2 aliphatic carbocycles. The van der Waals surface area contributed by atoms with Gasteiger partial charge in [0, 0.05) is 31.9 Å². The minimum Gasteiger partial charge on any atom is -0.496 e. The quantitative estimate of drug-likeness (QED) is 0.529. The van der Waals surface area contributed by atoms with Crippen molar-refractivity contribution in [3.05, 3.63) is 41.1 Å². The maximum atomic E-state index is 13.5. The van der Waals surface area contributed by atoms with Crippen LogP contribution in [0.25, 0.3) is 0 Å². The van der Waals surface area contributed by atoms with E-state index in [1.807, 2.05) is 0 Å². The first-order valence-electron chi connectivity index (χ1n) is 12.3. The van der Waals surface area contributed by atoms with Crippen LogP contribution in [0.5, 0.6) is 5.75 Å². The number of carbonyl (C=O) groups excluding carboxylic acids is 1. The van der Waals surface area contributed by atoms with Crippen LogP contribution in [0, 0.1) is 11.8 Å². The fraction of sp³-hybridized carbons (Fsp3) is 0.560. The highest BCUT2D eigenvalue weighted by Gasteiger charge is 2.46. The van der Waals surface area contributed by atoms with Crippen LogP contribution >= 0.6 is 0 Å². The Morgan fingerprint density at radius 3 is 2.58 bits per heavy atom. The smallest absolute Gasteiger partial charge is 0.419 e. The molecule has 1 saturated heterocycles. The second-order valence-corrected chi connectivity index (χ2v) is 9.96. The second kappa shape index (κ2) is 9.76. The predicted molar refractivity (Wildman–Crippen MR) is 127 cm³/mol. The van der Waals surface area contributed by atoms with Crippen molar-refractivity contribution in [1.82, 2.24) is 15.3 Å². The van der Waals surface area contributed by atoms with Gasteiger partial charge >= 0.3 is 6.18 Å². The van der Waals surface area contributed by atoms with Gasteiger partial charge in [-0.25, -0.2) is 4.98 Å². The van der Waals surface area contributed by atoms with Crippen molar-refractivity contribution >= 4 is 17.7 Å². The molecule has 3 aliphatic rings. The van der Waals surface area contributed by atoms with Crippen LogP contribution in [-0.4, -0.2) is 53.3 Å². The number of ether oxygens (including phenoxy) is 1. The molecule has 2 aromatic rings. The second-order valence-electron chi connectivity index (χ2n) is 9.96. The lowest BCUT2D eigenvalue weighted by Gasteiger charge is -2.26. The van der Waals surface area contributed by atoms with E-state index in [0.29, 0.717) is 49.0 Å². The molecule has 2 atom stereocenters. The van der Waals surface area contributed by atoms with Gasteiger partial charge in [0.1, 0.15) is 17.1 Å². The Labute approximate surface area is 207 Å². The number of methoxy groups -OCH3 is 1. The van der Waals surface area contributed by atoms with Gasteiger partial charge in [0.2, 0.25) is 5.95 Å². The van der Waals surface area contributed by atoms with Crippen molar-refractivity contribution in [2.45, 2.75) is 57.0 Å². The Morgan fingerprint density at radius 2 is 1.92 bits per heavy atom. The van der Waals surface area contributed by atoms with Crippen molar-refractivity contribution in [3.8, 4) is 5.75 Å². The SMILES string of the molecule is COc1ccc(CNc2nc(N3CC4CC4C3)ncc2C(=O)NC2CCC(O)CC2)cc1C(F)(F)F. The van der Waals surface area contributed by atoms with Crippen LogP contribution < -0.4 is 20.3 Å². The van der Waals surface area contributed by atoms with E-state index in [-0.39, 0.29) is 41.7 Å². The molecule has 11 heteroatoms. The Hall–Kier alpha value is -3.08. The number of aliphatic hydroxyl groups is 1. The van der Waals surface area contributed by atoms with Crippen LogP contribution in [0.2, 0.25) is 0 Å². The number of carbonyl (C=O) groups is 1. The number of halogens is 3. The molecule has 0 radical (unpaired) electrons. The Balaban J connectivity index is 1.36. The molecule has 1 amide bonds. The van der Waals surface area contributed by atoms with Gasteiger partial charge in [0.05, 0.1) is 18.8 Å². The van der Waals surface area contributed by atoms with Crippen molar-refractivity contribution in [2.24, 2.45) is 11.8 Å². The van der Waals surface area contributed by atoms with E-state index in [2.05, 4.69) is 25.5 Å². The molecule has 2 unspecified atom stereocenters. The van der Waals surface area contributed by atoms with Gasteiger partial charge in [-0.05, 0) is 61.6 Å². The van der Waals surface area contributed by atoms with Gasteiger partial charge in [-0.15, -0.1) is 0 Å². The summed E-state index contributed by atoms with van der Waals surface area (Å²) in [6, 6.07) is 3.81. The van der Waals surface area contributed by atoms with Gasteiger partial charge in [-0.3, -0.25) is 4.79 Å². The molecule has 0 bridgehead atoms. The lowest BCUT2D eigenvalue weighted by Crippen LogP contribution is -2.39. The largest absolute Gasteiger partial charge is 0.496 e. The van der Waals surface area contributed by atoms with Crippen LogP contribution in [0.1, 0.15) is 53.6 Å². The number of hydrogen-bond acceptors (Lipinski definition) is 7. The first kappa shape index (κ1) is 24.6. The minimum atomic E-state index is -4.56. The summed E-state index contributed by atoms with van der Waals surface area (Å²) in [5.74, 6) is 1.51. The number of nitrogens with zero attached hydrogens (tertiary/aromatic N) is 3. The molecule has 1 aromatic carbocycles.